The van der Waals surface area contributed by atoms with Gasteiger partial charge in [-0.2, -0.15) is 0 Å². The smallest absolute Gasteiger partial charge is 0.101 e. The van der Waals surface area contributed by atoms with Crippen molar-refractivity contribution < 1.29 is 0 Å². The lowest BCUT2D eigenvalue weighted by atomic mass is 9.92. The highest BCUT2D eigenvalue weighted by atomic mass is 31.1. The number of fused-ring (bicyclic) bond motifs is 1. The first-order valence-electron chi connectivity index (χ1n) is 8.21. The summed E-state index contributed by atoms with van der Waals surface area (Å²) in [5, 5.41) is 2.81. The molecule has 0 amide bonds. The maximum Gasteiger partial charge on any atom is 0.101 e. The first-order chi connectivity index (χ1) is 11.8. The van der Waals surface area contributed by atoms with Gasteiger partial charge in [-0.1, -0.05) is 66.2 Å². The molecule has 0 spiro atoms. The number of dihydropyridines is 1. The second-order valence-electron chi connectivity index (χ2n) is 6.01. The van der Waals surface area contributed by atoms with Gasteiger partial charge in [-0.15, -0.1) is 0 Å². The van der Waals surface area contributed by atoms with E-state index in [2.05, 4.69) is 92.9 Å². The summed E-state index contributed by atoms with van der Waals surface area (Å²) in [6.07, 6.45) is 9.58. The van der Waals surface area contributed by atoms with Gasteiger partial charge in [0, 0.05) is 17.8 Å². The van der Waals surface area contributed by atoms with Gasteiger partial charge in [-0.3, -0.25) is 4.99 Å². The third kappa shape index (κ3) is 3.23. The fourth-order valence-electron chi connectivity index (χ4n) is 3.15. The van der Waals surface area contributed by atoms with E-state index in [9.17, 15) is 0 Å². The number of nitrogens with zero attached hydrogens (tertiary/aromatic N) is 1. The Labute approximate surface area is 146 Å². The maximum absolute atomic E-state index is 4.90. The van der Waals surface area contributed by atoms with Crippen LogP contribution in [-0.2, 0) is 0 Å². The van der Waals surface area contributed by atoms with E-state index in [4.69, 9.17) is 4.99 Å². The number of benzene rings is 2. The Morgan fingerprint density at radius 2 is 1.46 bits per heavy atom. The maximum atomic E-state index is 4.90. The fourth-order valence-corrected chi connectivity index (χ4v) is 5.36. The van der Waals surface area contributed by atoms with Crippen molar-refractivity contribution >= 4 is 24.2 Å². The molecule has 0 aromatic heterocycles. The molecule has 0 saturated heterocycles. The van der Waals surface area contributed by atoms with Crippen LogP contribution >= 0.6 is 7.92 Å². The van der Waals surface area contributed by atoms with Gasteiger partial charge >= 0.3 is 0 Å². The Balaban J connectivity index is 1.66. The van der Waals surface area contributed by atoms with Gasteiger partial charge in [-0.05, 0) is 50.8 Å². The molecular formula is C22H19NP. The van der Waals surface area contributed by atoms with Crippen LogP contribution in [0, 0.1) is 31.2 Å². The van der Waals surface area contributed by atoms with Crippen LogP contribution in [0.1, 0.15) is 6.92 Å². The highest BCUT2D eigenvalue weighted by Gasteiger charge is 2.33. The van der Waals surface area contributed by atoms with Gasteiger partial charge in [0.05, 0.1) is 0 Å². The summed E-state index contributed by atoms with van der Waals surface area (Å²) in [6.45, 7) is 2.18. The monoisotopic (exact) mass is 328 g/mol. The predicted octanol–water partition coefficient (Wildman–Crippen LogP) is 4.25. The number of hydrogen-bond donors (Lipinski definition) is 0. The quantitative estimate of drug-likeness (QED) is 0.744. The number of allylic oxidation sites excluding steroid dienone is 1. The topological polar surface area (TPSA) is 12.4 Å². The third-order valence-corrected chi connectivity index (χ3v) is 6.80. The Bertz CT molecular complexity index is 709. The number of hydrogen-bond acceptors (Lipinski definition) is 1. The molecule has 2 aromatic carbocycles. The minimum absolute atomic E-state index is 0.443. The first-order valence-corrected chi connectivity index (χ1v) is 9.73. The van der Waals surface area contributed by atoms with Crippen LogP contribution in [-0.4, -0.2) is 11.9 Å². The Morgan fingerprint density at radius 3 is 2.08 bits per heavy atom. The van der Waals surface area contributed by atoms with E-state index in [0.717, 1.165) is 12.2 Å². The minimum atomic E-state index is -0.443. The van der Waals surface area contributed by atoms with Crippen molar-refractivity contribution in [2.24, 2.45) is 4.99 Å². The zero-order valence-electron chi connectivity index (χ0n) is 13.7. The second-order valence-corrected chi connectivity index (χ2v) is 8.22. The molecule has 1 aliphatic heterocycles. The highest BCUT2D eigenvalue weighted by molar-refractivity contribution is 7.73. The van der Waals surface area contributed by atoms with Crippen molar-refractivity contribution in [3.8, 4) is 0 Å². The molecule has 1 heterocycles. The number of aliphatic imine (C=N–C) groups is 1. The lowest BCUT2D eigenvalue weighted by Gasteiger charge is -2.24. The molecule has 24 heavy (non-hydrogen) atoms. The summed E-state index contributed by atoms with van der Waals surface area (Å²) in [7, 11) is -0.443. The molecule has 5 radical (unpaired) electrons. The molecule has 0 atom stereocenters. The van der Waals surface area contributed by atoms with Crippen molar-refractivity contribution in [2.75, 3.05) is 6.16 Å². The van der Waals surface area contributed by atoms with E-state index in [1.165, 1.54) is 27.8 Å². The Morgan fingerprint density at radius 1 is 0.833 bits per heavy atom. The third-order valence-electron chi connectivity index (χ3n) is 4.32. The van der Waals surface area contributed by atoms with E-state index >= 15 is 0 Å². The van der Waals surface area contributed by atoms with Crippen LogP contribution in [0.2, 0.25) is 0 Å². The molecule has 2 aromatic rings. The van der Waals surface area contributed by atoms with Crippen molar-refractivity contribution in [2.45, 2.75) is 6.92 Å². The van der Waals surface area contributed by atoms with Crippen molar-refractivity contribution in [3.63, 3.8) is 0 Å². The van der Waals surface area contributed by atoms with Crippen LogP contribution < -0.4 is 10.6 Å². The summed E-state index contributed by atoms with van der Waals surface area (Å²) in [5.74, 6) is 1.27. The molecular weight excluding hydrogens is 309 g/mol. The lowest BCUT2D eigenvalue weighted by molar-refractivity contribution is 1.03. The molecule has 1 nitrogen and oxygen atoms in total. The predicted molar refractivity (Wildman–Crippen MR) is 105 cm³/mol. The van der Waals surface area contributed by atoms with Gasteiger partial charge in [-0.25, -0.2) is 0 Å². The molecule has 117 valence electrons. The molecule has 1 fully saturated rings. The summed E-state index contributed by atoms with van der Waals surface area (Å²) in [5.41, 5.74) is 2.50. The van der Waals surface area contributed by atoms with Crippen LogP contribution in [0.5, 0.6) is 0 Å². The fraction of sp³-hybridized carbons (Fsp3) is 0.0909. The normalized spacial score (nSPS) is 18.4. The van der Waals surface area contributed by atoms with Gasteiger partial charge < -0.3 is 0 Å². The molecule has 2 heteroatoms. The van der Waals surface area contributed by atoms with E-state index in [1.54, 1.807) is 0 Å². The van der Waals surface area contributed by atoms with Crippen LogP contribution in [0.3, 0.4) is 0 Å². The van der Waals surface area contributed by atoms with E-state index in [1.807, 2.05) is 0 Å². The average molecular weight is 328 g/mol. The minimum Gasteiger partial charge on any atom is -0.279 e. The number of rotatable bonds is 4. The summed E-state index contributed by atoms with van der Waals surface area (Å²) in [4.78, 5) is 4.90. The summed E-state index contributed by atoms with van der Waals surface area (Å²) < 4.78 is 0. The van der Waals surface area contributed by atoms with Gasteiger partial charge in [0.1, 0.15) is 6.04 Å². The second kappa shape index (κ2) is 7.03. The van der Waals surface area contributed by atoms with E-state index in [0.29, 0.717) is 0 Å². The zero-order chi connectivity index (χ0) is 16.4. The van der Waals surface area contributed by atoms with E-state index < -0.39 is 7.92 Å². The van der Waals surface area contributed by atoms with Crippen LogP contribution in [0.15, 0.2) is 77.3 Å². The van der Waals surface area contributed by atoms with Crippen LogP contribution in [0.4, 0.5) is 0 Å². The van der Waals surface area contributed by atoms with E-state index in [-0.39, 0.29) is 0 Å². The van der Waals surface area contributed by atoms with Gasteiger partial charge in [0.25, 0.3) is 0 Å². The molecule has 1 saturated carbocycles. The molecule has 1 aliphatic carbocycles. The zero-order valence-corrected chi connectivity index (χ0v) is 14.6. The Hall–Kier alpha value is -1.72. The first kappa shape index (κ1) is 15.8. The average Bonchev–Trinajstić information content (AvgIpc) is 3.10. The summed E-state index contributed by atoms with van der Waals surface area (Å²) in [6, 6.07) is 22.8. The van der Waals surface area contributed by atoms with Gasteiger partial charge in [0.2, 0.25) is 0 Å². The van der Waals surface area contributed by atoms with Gasteiger partial charge in [0.15, 0.2) is 0 Å². The molecule has 4 rings (SSSR count). The molecule has 0 N–H and O–H groups in total. The molecule has 0 unspecified atom stereocenters. The highest BCUT2D eigenvalue weighted by Crippen LogP contribution is 2.43. The van der Waals surface area contributed by atoms with Crippen molar-refractivity contribution in [1.29, 1.82) is 0 Å². The van der Waals surface area contributed by atoms with Crippen molar-refractivity contribution in [1.82, 2.24) is 0 Å². The van der Waals surface area contributed by atoms with Crippen molar-refractivity contribution in [3.05, 3.63) is 104 Å². The lowest BCUT2D eigenvalue weighted by Crippen LogP contribution is -2.21. The molecule has 2 aliphatic rings. The largest absolute Gasteiger partial charge is 0.279 e. The van der Waals surface area contributed by atoms with Crippen LogP contribution in [0.25, 0.3) is 0 Å². The summed E-state index contributed by atoms with van der Waals surface area (Å²) >= 11 is 0. The SMILES string of the molecule is CC1=CC(CP(c2ccccc2)c2ccccc2)=N[C]2[CH][CH][CH][C]21. The Kier molecular flexibility index (Phi) is 4.63. The molecule has 0 bridgehead atoms. The standard InChI is InChI=1S/C22H19NP/c1-17-15-18(23-22-14-8-13-21(17)22)16-24(19-9-4-2-5-10-19)20-11-6-3-7-12-20/h2-15H,16H2,1H3.